The van der Waals surface area contributed by atoms with E-state index in [0.29, 0.717) is 5.88 Å². The number of aromatic nitrogens is 1. The zero-order valence-electron chi connectivity index (χ0n) is 15.9. The van der Waals surface area contributed by atoms with Crippen LogP contribution in [0.15, 0.2) is 77.8 Å². The van der Waals surface area contributed by atoms with Crippen molar-refractivity contribution in [3.63, 3.8) is 0 Å². The second-order valence-corrected chi connectivity index (χ2v) is 8.14. The molecule has 1 atom stereocenters. The lowest BCUT2D eigenvalue weighted by Gasteiger charge is -2.24. The third kappa shape index (κ3) is 3.62. The fourth-order valence-corrected chi connectivity index (χ4v) is 4.78. The highest BCUT2D eigenvalue weighted by atomic mass is 32.2. The molecule has 1 aromatic heterocycles. The number of nitrogens with two attached hydrogens (primary N) is 1. The molecular formula is C23H22N4OS. The maximum atomic E-state index is 6.36. The molecule has 146 valence electrons. The second-order valence-electron chi connectivity index (χ2n) is 6.98. The predicted octanol–water partition coefficient (Wildman–Crippen LogP) is 4.74. The average Bonchev–Trinajstić information content (AvgIpc) is 3.11. The molecule has 2 aliphatic heterocycles. The topological polar surface area (TPSA) is 63.4 Å². The molecule has 3 N–H and O–H groups in total. The maximum absolute atomic E-state index is 6.36. The van der Waals surface area contributed by atoms with Gasteiger partial charge in [0.25, 0.3) is 0 Å². The monoisotopic (exact) mass is 402 g/mol. The summed E-state index contributed by atoms with van der Waals surface area (Å²) >= 11 is 1.67. The van der Waals surface area contributed by atoms with Crippen molar-refractivity contribution in [3.8, 4) is 11.6 Å². The first kappa shape index (κ1) is 18.2. The van der Waals surface area contributed by atoms with E-state index in [1.807, 2.05) is 42.5 Å². The summed E-state index contributed by atoms with van der Waals surface area (Å²) in [6.45, 7) is 1.86. The summed E-state index contributed by atoms with van der Waals surface area (Å²) < 4.78 is 6.15. The van der Waals surface area contributed by atoms with Crippen molar-refractivity contribution < 1.29 is 4.74 Å². The van der Waals surface area contributed by atoms with Gasteiger partial charge in [0.2, 0.25) is 5.88 Å². The molecule has 0 bridgehead atoms. The van der Waals surface area contributed by atoms with Crippen LogP contribution in [0.5, 0.6) is 11.6 Å². The van der Waals surface area contributed by atoms with Crippen molar-refractivity contribution in [1.29, 1.82) is 0 Å². The molecule has 0 radical (unpaired) electrons. The predicted molar refractivity (Wildman–Crippen MR) is 119 cm³/mol. The molecule has 6 heteroatoms. The number of anilines is 2. The highest BCUT2D eigenvalue weighted by Crippen LogP contribution is 2.45. The summed E-state index contributed by atoms with van der Waals surface area (Å²) in [5.41, 5.74) is 10.8. The SMILES string of the molecule is NC1Sc2ccccc2N1c1ccc(Oc2ncccc2C2=CCNCC2)cc1. The zero-order chi connectivity index (χ0) is 19.6. The quantitative estimate of drug-likeness (QED) is 0.657. The van der Waals surface area contributed by atoms with Crippen molar-refractivity contribution in [2.45, 2.75) is 16.8 Å². The Labute approximate surface area is 174 Å². The first-order valence-electron chi connectivity index (χ1n) is 9.73. The van der Waals surface area contributed by atoms with Gasteiger partial charge in [0.1, 0.15) is 11.2 Å². The number of nitrogens with zero attached hydrogens (tertiary/aromatic N) is 2. The molecule has 0 amide bonds. The van der Waals surface area contributed by atoms with Crippen LogP contribution in [0, 0.1) is 0 Å². The molecule has 5 rings (SSSR count). The van der Waals surface area contributed by atoms with Gasteiger partial charge < -0.3 is 20.7 Å². The van der Waals surface area contributed by atoms with Gasteiger partial charge in [0.15, 0.2) is 0 Å². The average molecular weight is 403 g/mol. The first-order valence-corrected chi connectivity index (χ1v) is 10.6. The number of nitrogens with one attached hydrogen (secondary N) is 1. The summed E-state index contributed by atoms with van der Waals surface area (Å²) in [5.74, 6) is 1.41. The minimum atomic E-state index is -0.131. The fraction of sp³-hybridized carbons (Fsp3) is 0.174. The van der Waals surface area contributed by atoms with Crippen LogP contribution in [-0.2, 0) is 0 Å². The van der Waals surface area contributed by atoms with Gasteiger partial charge in [0, 0.05) is 28.9 Å². The van der Waals surface area contributed by atoms with E-state index >= 15 is 0 Å². The van der Waals surface area contributed by atoms with E-state index in [9.17, 15) is 0 Å². The van der Waals surface area contributed by atoms with E-state index < -0.39 is 0 Å². The van der Waals surface area contributed by atoms with E-state index in [4.69, 9.17) is 10.5 Å². The molecule has 3 heterocycles. The minimum Gasteiger partial charge on any atom is -0.438 e. The molecular weight excluding hydrogens is 380 g/mol. The third-order valence-corrected chi connectivity index (χ3v) is 6.19. The van der Waals surface area contributed by atoms with E-state index in [-0.39, 0.29) is 5.50 Å². The Kier molecular flexibility index (Phi) is 4.97. The Bertz CT molecular complexity index is 1050. The highest BCUT2D eigenvalue weighted by molar-refractivity contribution is 8.00. The van der Waals surface area contributed by atoms with Crippen molar-refractivity contribution in [2.75, 3.05) is 18.0 Å². The van der Waals surface area contributed by atoms with Crippen LogP contribution in [0.2, 0.25) is 0 Å². The lowest BCUT2D eigenvalue weighted by molar-refractivity contribution is 0.461. The van der Waals surface area contributed by atoms with E-state index in [2.05, 4.69) is 39.5 Å². The van der Waals surface area contributed by atoms with Gasteiger partial charge in [-0.05, 0) is 67.1 Å². The number of para-hydroxylation sites is 1. The van der Waals surface area contributed by atoms with Crippen LogP contribution in [-0.4, -0.2) is 23.6 Å². The summed E-state index contributed by atoms with van der Waals surface area (Å²) in [4.78, 5) is 7.82. The summed E-state index contributed by atoms with van der Waals surface area (Å²) in [6, 6.07) is 20.4. The number of ether oxygens (including phenoxy) is 1. The third-order valence-electron chi connectivity index (χ3n) is 5.14. The normalized spacial score (nSPS) is 18.3. The maximum Gasteiger partial charge on any atom is 0.226 e. The van der Waals surface area contributed by atoms with Crippen LogP contribution in [0.4, 0.5) is 11.4 Å². The van der Waals surface area contributed by atoms with Gasteiger partial charge in [-0.25, -0.2) is 4.98 Å². The number of fused-ring (bicyclic) bond motifs is 1. The van der Waals surface area contributed by atoms with Crippen molar-refractivity contribution >= 4 is 28.7 Å². The minimum absolute atomic E-state index is 0.131. The highest BCUT2D eigenvalue weighted by Gasteiger charge is 2.28. The Morgan fingerprint density at radius 3 is 2.76 bits per heavy atom. The largest absolute Gasteiger partial charge is 0.438 e. The number of pyridine rings is 1. The van der Waals surface area contributed by atoms with Crippen LogP contribution in [0.25, 0.3) is 5.57 Å². The second kappa shape index (κ2) is 7.91. The molecule has 2 aromatic carbocycles. The Balaban J connectivity index is 1.39. The van der Waals surface area contributed by atoms with E-state index in [0.717, 1.165) is 42.2 Å². The molecule has 1 unspecified atom stereocenters. The van der Waals surface area contributed by atoms with Crippen molar-refractivity contribution in [2.24, 2.45) is 5.73 Å². The molecule has 0 saturated heterocycles. The molecule has 29 heavy (non-hydrogen) atoms. The molecule has 5 nitrogen and oxygen atoms in total. The number of thioether (sulfide) groups is 1. The molecule has 0 spiro atoms. The molecule has 0 fully saturated rings. The zero-order valence-corrected chi connectivity index (χ0v) is 16.7. The summed E-state index contributed by atoms with van der Waals surface area (Å²) in [6.07, 6.45) is 4.96. The van der Waals surface area contributed by atoms with Gasteiger partial charge in [-0.1, -0.05) is 30.0 Å². The molecule has 2 aliphatic rings. The number of benzene rings is 2. The molecule has 3 aromatic rings. The Morgan fingerprint density at radius 2 is 1.93 bits per heavy atom. The van der Waals surface area contributed by atoms with Gasteiger partial charge in [-0.3, -0.25) is 0 Å². The van der Waals surface area contributed by atoms with Gasteiger partial charge in [0.05, 0.1) is 5.69 Å². The lowest BCUT2D eigenvalue weighted by atomic mass is 10.0. The number of hydrogen-bond donors (Lipinski definition) is 2. The number of hydrogen-bond acceptors (Lipinski definition) is 6. The van der Waals surface area contributed by atoms with Crippen LogP contribution < -0.4 is 20.7 Å². The first-order chi connectivity index (χ1) is 14.3. The summed E-state index contributed by atoms with van der Waals surface area (Å²) in [7, 11) is 0. The van der Waals surface area contributed by atoms with Crippen molar-refractivity contribution in [3.05, 3.63) is 78.5 Å². The van der Waals surface area contributed by atoms with Crippen LogP contribution in [0.3, 0.4) is 0 Å². The fourth-order valence-electron chi connectivity index (χ4n) is 3.73. The van der Waals surface area contributed by atoms with Crippen LogP contribution in [0.1, 0.15) is 12.0 Å². The van der Waals surface area contributed by atoms with E-state index in [1.165, 1.54) is 10.5 Å². The standard InChI is InChI=1S/C23H22N4OS/c24-23-27(20-5-1-2-6-21(20)29-23)17-7-9-18(10-8-17)28-22-19(4-3-13-26-22)16-11-14-25-15-12-16/h1-11,13,23,25H,12,14-15,24H2. The number of rotatable bonds is 4. The van der Waals surface area contributed by atoms with Crippen LogP contribution >= 0.6 is 11.8 Å². The Morgan fingerprint density at radius 1 is 1.07 bits per heavy atom. The smallest absolute Gasteiger partial charge is 0.226 e. The summed E-state index contributed by atoms with van der Waals surface area (Å²) in [5, 5.41) is 3.34. The van der Waals surface area contributed by atoms with Gasteiger partial charge >= 0.3 is 0 Å². The molecule has 0 aliphatic carbocycles. The molecule has 0 saturated carbocycles. The van der Waals surface area contributed by atoms with E-state index in [1.54, 1.807) is 18.0 Å². The lowest BCUT2D eigenvalue weighted by Crippen LogP contribution is -2.31. The van der Waals surface area contributed by atoms with Crippen molar-refractivity contribution in [1.82, 2.24) is 10.3 Å². The van der Waals surface area contributed by atoms with Gasteiger partial charge in [-0.2, -0.15) is 0 Å². The Hall–Kier alpha value is -2.80. The van der Waals surface area contributed by atoms with Gasteiger partial charge in [-0.15, -0.1) is 0 Å².